The molecule has 51 heavy (non-hydrogen) atoms. The smallest absolute Gasteiger partial charge is 0.418 e. The number of carbonyl (C=O) groups is 1. The summed E-state index contributed by atoms with van der Waals surface area (Å²) in [6.45, 7) is -0.980. The number of halogens is 7. The maximum atomic E-state index is 14.4. The van der Waals surface area contributed by atoms with Crippen molar-refractivity contribution >= 4 is 55.7 Å². The number of hydrogen-bond acceptors (Lipinski definition) is 9. The molecule has 1 fully saturated rings. The molecule has 5 aromatic rings. The number of alkyl halides is 6. The molecule has 0 spiro atoms. The van der Waals surface area contributed by atoms with E-state index in [1.807, 2.05) is 0 Å². The van der Waals surface area contributed by atoms with Crippen molar-refractivity contribution in [3.8, 4) is 22.9 Å². The van der Waals surface area contributed by atoms with E-state index in [0.717, 1.165) is 4.90 Å². The Morgan fingerprint density at radius 3 is 2.47 bits per heavy atom. The van der Waals surface area contributed by atoms with Gasteiger partial charge >= 0.3 is 18.3 Å². The SMILES string of the molecule is Cc1nc2cc(C(F)(F)F)c(N3CCN(CC(F)(F)F)CC3)c(C#N)c2c(=O)n1CCOc1ccc(Cl)cc1-c1ccnc2c(C(=O)O)csc12. The first-order valence-electron chi connectivity index (χ1n) is 15.2. The van der Waals surface area contributed by atoms with Crippen LogP contribution in [-0.4, -0.2) is 76.0 Å². The van der Waals surface area contributed by atoms with Gasteiger partial charge in [0.1, 0.15) is 24.3 Å². The van der Waals surface area contributed by atoms with E-state index in [9.17, 15) is 46.3 Å². The first-order chi connectivity index (χ1) is 24.1. The van der Waals surface area contributed by atoms with E-state index in [4.69, 9.17) is 16.3 Å². The van der Waals surface area contributed by atoms with Crippen molar-refractivity contribution in [2.75, 3.05) is 44.2 Å². The van der Waals surface area contributed by atoms with E-state index < -0.39 is 47.2 Å². The number of nitrogens with zero attached hydrogens (tertiary/aromatic N) is 6. The summed E-state index contributed by atoms with van der Waals surface area (Å²) in [5.41, 5.74) is -2.09. The van der Waals surface area contributed by atoms with Crippen LogP contribution in [0.3, 0.4) is 0 Å². The lowest BCUT2D eigenvalue weighted by Gasteiger charge is -2.37. The molecule has 1 aliphatic heterocycles. The minimum Gasteiger partial charge on any atom is -0.491 e. The zero-order chi connectivity index (χ0) is 36.8. The number of ether oxygens (including phenoxy) is 1. The minimum absolute atomic E-state index is 0.0333. The highest BCUT2D eigenvalue weighted by Gasteiger charge is 2.40. The Kier molecular flexibility index (Phi) is 9.61. The van der Waals surface area contributed by atoms with Crippen molar-refractivity contribution in [1.29, 1.82) is 5.26 Å². The summed E-state index contributed by atoms with van der Waals surface area (Å²) in [4.78, 5) is 36.3. The second kappa shape index (κ2) is 13.7. The zero-order valence-corrected chi connectivity index (χ0v) is 28.0. The van der Waals surface area contributed by atoms with E-state index >= 15 is 0 Å². The van der Waals surface area contributed by atoms with E-state index in [2.05, 4.69) is 9.97 Å². The Hall–Kier alpha value is -4.92. The van der Waals surface area contributed by atoms with Crippen LogP contribution in [0.25, 0.3) is 32.2 Å². The first-order valence-corrected chi connectivity index (χ1v) is 16.4. The summed E-state index contributed by atoms with van der Waals surface area (Å²) in [7, 11) is 0. The molecule has 0 amide bonds. The third kappa shape index (κ3) is 7.16. The molecule has 10 nitrogen and oxygen atoms in total. The monoisotopic (exact) mass is 750 g/mol. The third-order valence-corrected chi connectivity index (χ3v) is 9.65. The summed E-state index contributed by atoms with van der Waals surface area (Å²) in [6, 6.07) is 8.92. The van der Waals surface area contributed by atoms with Crippen LogP contribution in [0.5, 0.6) is 5.75 Å². The first kappa shape index (κ1) is 35.9. The summed E-state index contributed by atoms with van der Waals surface area (Å²) >= 11 is 7.49. The average molecular weight is 751 g/mol. The van der Waals surface area contributed by atoms with Gasteiger partial charge in [-0.15, -0.1) is 11.3 Å². The second-order valence-corrected chi connectivity index (χ2v) is 12.9. The van der Waals surface area contributed by atoms with Gasteiger partial charge in [0.2, 0.25) is 0 Å². The number of thiophene rings is 1. The van der Waals surface area contributed by atoms with Crippen LogP contribution in [0, 0.1) is 18.3 Å². The topological polar surface area (TPSA) is 125 Å². The van der Waals surface area contributed by atoms with Gasteiger partial charge in [0.15, 0.2) is 0 Å². The van der Waals surface area contributed by atoms with Gasteiger partial charge in [0, 0.05) is 53.9 Å². The van der Waals surface area contributed by atoms with Crippen molar-refractivity contribution in [3.63, 3.8) is 0 Å². The molecule has 266 valence electrons. The molecule has 18 heteroatoms. The highest BCUT2D eigenvalue weighted by molar-refractivity contribution is 7.18. The number of carboxylic acids is 1. The quantitative estimate of drug-likeness (QED) is 0.167. The minimum atomic E-state index is -4.97. The molecule has 1 aliphatic rings. The average Bonchev–Trinajstić information content (AvgIpc) is 3.50. The van der Waals surface area contributed by atoms with Gasteiger partial charge in [-0.05, 0) is 37.3 Å². The van der Waals surface area contributed by atoms with Crippen LogP contribution in [-0.2, 0) is 12.7 Å². The van der Waals surface area contributed by atoms with Crippen molar-refractivity contribution in [1.82, 2.24) is 19.4 Å². The standard InChI is InChI=1S/C33H25ClF6N6O4S/c1-17-43-24-13-23(33(38,39)40)28(45-8-6-44(7-9-45)16-32(35,36)37)21(14-41)26(24)30(47)46(17)10-11-50-25-3-2-18(34)12-20(25)19-4-5-42-27-22(31(48)49)15-51-29(19)27/h2-5,12-13,15H,6-11,16H2,1H3,(H,48,49). The molecule has 0 unspecified atom stereocenters. The van der Waals surface area contributed by atoms with Crippen LogP contribution < -0.4 is 15.2 Å². The molecule has 0 saturated carbocycles. The van der Waals surface area contributed by atoms with Gasteiger partial charge in [0.25, 0.3) is 5.56 Å². The van der Waals surface area contributed by atoms with Crippen molar-refractivity contribution in [3.05, 3.63) is 79.8 Å². The Balaban J connectivity index is 1.34. The van der Waals surface area contributed by atoms with Gasteiger partial charge in [-0.2, -0.15) is 31.6 Å². The fraction of sp³-hybridized carbons (Fsp3) is 0.303. The number of fused-ring (bicyclic) bond motifs is 2. The number of carboxylic acid groups (broad SMARTS) is 1. The van der Waals surface area contributed by atoms with Crippen molar-refractivity contribution in [2.45, 2.75) is 25.8 Å². The van der Waals surface area contributed by atoms with Gasteiger partial charge < -0.3 is 14.7 Å². The largest absolute Gasteiger partial charge is 0.491 e. The number of anilines is 1. The number of nitriles is 1. The maximum absolute atomic E-state index is 14.4. The molecule has 1 N–H and O–H groups in total. The number of aromatic carboxylic acids is 1. The predicted molar refractivity (Wildman–Crippen MR) is 178 cm³/mol. The summed E-state index contributed by atoms with van der Waals surface area (Å²) in [6.07, 6.45) is -8.00. The normalized spacial score (nSPS) is 14.3. The number of benzene rings is 2. The molecule has 4 heterocycles. The van der Waals surface area contributed by atoms with Crippen LogP contribution in [0.15, 0.2) is 46.7 Å². The van der Waals surface area contributed by atoms with E-state index in [1.54, 1.807) is 30.3 Å². The molecule has 3 aromatic heterocycles. The lowest BCUT2D eigenvalue weighted by molar-refractivity contribution is -0.146. The Bertz CT molecular complexity index is 2280. The lowest BCUT2D eigenvalue weighted by Crippen LogP contribution is -2.49. The van der Waals surface area contributed by atoms with E-state index in [0.29, 0.717) is 32.7 Å². The number of rotatable bonds is 8. The molecular formula is C33H25ClF6N6O4S. The lowest BCUT2D eigenvalue weighted by atomic mass is 10.00. The highest BCUT2D eigenvalue weighted by atomic mass is 35.5. The molecule has 0 radical (unpaired) electrons. The number of aryl methyl sites for hydroxylation is 1. The molecule has 2 aromatic carbocycles. The molecule has 0 atom stereocenters. The van der Waals surface area contributed by atoms with Crippen molar-refractivity contribution in [2.24, 2.45) is 0 Å². The highest BCUT2D eigenvalue weighted by Crippen LogP contribution is 2.42. The van der Waals surface area contributed by atoms with Crippen LogP contribution in [0.1, 0.15) is 27.3 Å². The summed E-state index contributed by atoms with van der Waals surface area (Å²) in [5.74, 6) is -0.757. The van der Waals surface area contributed by atoms with Crippen LogP contribution in [0.2, 0.25) is 5.02 Å². The molecule has 0 aliphatic carbocycles. The summed E-state index contributed by atoms with van der Waals surface area (Å²) in [5, 5.41) is 21.2. The molecular weight excluding hydrogens is 726 g/mol. The van der Waals surface area contributed by atoms with E-state index in [1.165, 1.54) is 39.3 Å². The number of hydrogen-bond donors (Lipinski definition) is 1. The third-order valence-electron chi connectivity index (χ3n) is 8.41. The predicted octanol–water partition coefficient (Wildman–Crippen LogP) is 6.99. The van der Waals surface area contributed by atoms with Gasteiger partial charge in [-0.25, -0.2) is 9.78 Å². The molecule has 0 bridgehead atoms. The van der Waals surface area contributed by atoms with Gasteiger partial charge in [-0.1, -0.05) is 11.6 Å². The van der Waals surface area contributed by atoms with Gasteiger partial charge in [-0.3, -0.25) is 19.2 Å². The maximum Gasteiger partial charge on any atom is 0.418 e. The number of piperazine rings is 1. The Morgan fingerprint density at radius 1 is 1.10 bits per heavy atom. The van der Waals surface area contributed by atoms with Crippen LogP contribution >= 0.6 is 22.9 Å². The summed E-state index contributed by atoms with van der Waals surface area (Å²) < 4.78 is 89.8. The molecule has 6 rings (SSSR count). The Morgan fingerprint density at radius 2 is 1.82 bits per heavy atom. The second-order valence-electron chi connectivity index (χ2n) is 11.6. The fourth-order valence-electron chi connectivity index (χ4n) is 6.16. The fourth-order valence-corrected chi connectivity index (χ4v) is 7.36. The number of aromatic nitrogens is 3. The van der Waals surface area contributed by atoms with E-state index in [-0.39, 0.29) is 67.1 Å². The number of pyridine rings is 1. The van der Waals surface area contributed by atoms with Crippen molar-refractivity contribution < 1.29 is 41.0 Å². The zero-order valence-electron chi connectivity index (χ0n) is 26.4. The van der Waals surface area contributed by atoms with Gasteiger partial charge in [0.05, 0.1) is 56.6 Å². The van der Waals surface area contributed by atoms with Crippen LogP contribution in [0.4, 0.5) is 32.0 Å². The molecule has 1 saturated heterocycles. The Labute approximate surface area is 293 Å².